The Labute approximate surface area is 115 Å². The molecule has 2 aromatic rings. The van der Waals surface area contributed by atoms with Crippen molar-refractivity contribution in [3.8, 4) is 0 Å². The van der Waals surface area contributed by atoms with Crippen LogP contribution in [0.5, 0.6) is 0 Å². The van der Waals surface area contributed by atoms with Crippen LogP contribution >= 0.6 is 0 Å². The largest absolute Gasteiger partial charge is 0.294 e. The first-order valence-electron chi connectivity index (χ1n) is 6.64. The molecule has 0 aromatic heterocycles. The number of ketones is 1. The predicted octanol–water partition coefficient (Wildman–Crippen LogP) is 4.35. The third-order valence-electron chi connectivity index (χ3n) is 3.55. The minimum Gasteiger partial charge on any atom is -0.294 e. The summed E-state index contributed by atoms with van der Waals surface area (Å²) in [6.45, 7) is 8.20. The fraction of sp³-hybridized carbons (Fsp3) is 0.278. The first kappa shape index (κ1) is 13.5. The molecule has 0 N–H and O–H groups in total. The average Bonchev–Trinajstić information content (AvgIpc) is 2.31. The van der Waals surface area contributed by atoms with E-state index in [1.807, 2.05) is 32.0 Å². The fourth-order valence-electron chi connectivity index (χ4n) is 2.50. The molecule has 0 unspecified atom stereocenters. The third-order valence-corrected chi connectivity index (χ3v) is 3.55. The van der Waals surface area contributed by atoms with Gasteiger partial charge in [0.15, 0.2) is 5.78 Å². The van der Waals surface area contributed by atoms with Crippen LogP contribution in [0.4, 0.5) is 0 Å². The SMILES string of the molecule is Cc1cc(C)cc(CC(=O)c2cccc(C)c2C)c1. The number of aryl methyl sites for hydroxylation is 3. The first-order valence-corrected chi connectivity index (χ1v) is 6.64. The lowest BCUT2D eigenvalue weighted by molar-refractivity contribution is 0.0992. The van der Waals surface area contributed by atoms with Crippen molar-refractivity contribution in [3.05, 3.63) is 69.8 Å². The highest BCUT2D eigenvalue weighted by Crippen LogP contribution is 2.17. The van der Waals surface area contributed by atoms with E-state index >= 15 is 0 Å². The van der Waals surface area contributed by atoms with Gasteiger partial charge in [-0.2, -0.15) is 0 Å². The van der Waals surface area contributed by atoms with Gasteiger partial charge in [0.2, 0.25) is 0 Å². The molecule has 0 saturated heterocycles. The van der Waals surface area contributed by atoms with Crippen molar-refractivity contribution in [2.24, 2.45) is 0 Å². The average molecular weight is 252 g/mol. The van der Waals surface area contributed by atoms with Crippen molar-refractivity contribution in [3.63, 3.8) is 0 Å². The quantitative estimate of drug-likeness (QED) is 0.742. The van der Waals surface area contributed by atoms with Gasteiger partial charge in [0, 0.05) is 12.0 Å². The molecule has 0 amide bonds. The smallest absolute Gasteiger partial charge is 0.167 e. The minimum absolute atomic E-state index is 0.200. The Morgan fingerprint density at radius 3 is 2.21 bits per heavy atom. The highest BCUT2D eigenvalue weighted by Gasteiger charge is 2.11. The lowest BCUT2D eigenvalue weighted by atomic mass is 9.95. The maximum atomic E-state index is 12.4. The van der Waals surface area contributed by atoms with Crippen molar-refractivity contribution < 1.29 is 4.79 Å². The van der Waals surface area contributed by atoms with Gasteiger partial charge in [-0.3, -0.25) is 4.79 Å². The first-order chi connectivity index (χ1) is 8.97. The molecule has 0 radical (unpaired) electrons. The molecule has 2 aromatic carbocycles. The van der Waals surface area contributed by atoms with Crippen molar-refractivity contribution in [1.29, 1.82) is 0 Å². The van der Waals surface area contributed by atoms with E-state index in [-0.39, 0.29) is 5.78 Å². The molecule has 0 fully saturated rings. The molecular weight excluding hydrogens is 232 g/mol. The molecule has 0 saturated carbocycles. The Morgan fingerprint density at radius 1 is 0.947 bits per heavy atom. The lowest BCUT2D eigenvalue weighted by Crippen LogP contribution is -2.07. The number of hydrogen-bond acceptors (Lipinski definition) is 1. The van der Waals surface area contributed by atoms with Crippen LogP contribution in [0.3, 0.4) is 0 Å². The highest BCUT2D eigenvalue weighted by molar-refractivity contribution is 5.99. The molecule has 1 heteroatoms. The summed E-state index contributed by atoms with van der Waals surface area (Å²) in [7, 11) is 0. The monoisotopic (exact) mass is 252 g/mol. The maximum absolute atomic E-state index is 12.4. The second kappa shape index (κ2) is 5.40. The number of benzene rings is 2. The Hall–Kier alpha value is -1.89. The zero-order chi connectivity index (χ0) is 14.0. The van der Waals surface area contributed by atoms with Crippen LogP contribution < -0.4 is 0 Å². The zero-order valence-corrected chi connectivity index (χ0v) is 12.1. The summed E-state index contributed by atoms with van der Waals surface area (Å²) in [6.07, 6.45) is 0.479. The van der Waals surface area contributed by atoms with Crippen molar-refractivity contribution in [1.82, 2.24) is 0 Å². The summed E-state index contributed by atoms with van der Waals surface area (Å²) < 4.78 is 0. The number of carbonyl (C=O) groups is 1. The standard InChI is InChI=1S/C18H20O/c1-12-8-13(2)10-16(9-12)11-18(19)17-7-5-6-14(3)15(17)4/h5-10H,11H2,1-4H3. The van der Waals surface area contributed by atoms with Gasteiger partial charge in [0.25, 0.3) is 0 Å². The summed E-state index contributed by atoms with van der Waals surface area (Å²) in [4.78, 5) is 12.4. The summed E-state index contributed by atoms with van der Waals surface area (Å²) in [5.41, 5.74) is 6.64. The second-order valence-electron chi connectivity index (χ2n) is 5.34. The van der Waals surface area contributed by atoms with Gasteiger partial charge in [-0.15, -0.1) is 0 Å². The molecule has 0 atom stereocenters. The van der Waals surface area contributed by atoms with E-state index in [9.17, 15) is 4.79 Å². The van der Waals surface area contributed by atoms with Gasteiger partial charge in [-0.25, -0.2) is 0 Å². The fourth-order valence-corrected chi connectivity index (χ4v) is 2.50. The van der Waals surface area contributed by atoms with Gasteiger partial charge in [-0.1, -0.05) is 47.5 Å². The summed E-state index contributed by atoms with van der Waals surface area (Å²) in [6, 6.07) is 12.2. The van der Waals surface area contributed by atoms with Crippen LogP contribution in [0, 0.1) is 27.7 Å². The predicted molar refractivity (Wildman–Crippen MR) is 79.9 cm³/mol. The number of carbonyl (C=O) groups excluding carboxylic acids is 1. The van der Waals surface area contributed by atoms with Crippen LogP contribution in [-0.2, 0) is 6.42 Å². The number of rotatable bonds is 3. The normalized spacial score (nSPS) is 10.5. The van der Waals surface area contributed by atoms with Crippen LogP contribution in [0.1, 0.15) is 38.2 Å². The molecule has 0 aliphatic heterocycles. The summed E-state index contributed by atoms with van der Waals surface area (Å²) in [5, 5.41) is 0. The molecule has 0 spiro atoms. The maximum Gasteiger partial charge on any atom is 0.167 e. The van der Waals surface area contributed by atoms with Gasteiger partial charge in [0.05, 0.1) is 0 Å². The molecule has 19 heavy (non-hydrogen) atoms. The van der Waals surface area contributed by atoms with Crippen molar-refractivity contribution >= 4 is 5.78 Å². The molecular formula is C18H20O. The van der Waals surface area contributed by atoms with Crippen molar-refractivity contribution in [2.75, 3.05) is 0 Å². The number of Topliss-reactive ketones (excluding diaryl/α,β-unsaturated/α-hetero) is 1. The summed E-state index contributed by atoms with van der Waals surface area (Å²) >= 11 is 0. The Bertz CT molecular complexity index is 603. The minimum atomic E-state index is 0.200. The third kappa shape index (κ3) is 3.11. The Balaban J connectivity index is 2.28. The van der Waals surface area contributed by atoms with E-state index in [1.54, 1.807) is 0 Å². The van der Waals surface area contributed by atoms with E-state index in [4.69, 9.17) is 0 Å². The van der Waals surface area contributed by atoms with E-state index in [2.05, 4.69) is 32.0 Å². The van der Waals surface area contributed by atoms with Gasteiger partial charge >= 0.3 is 0 Å². The zero-order valence-electron chi connectivity index (χ0n) is 12.1. The molecule has 0 heterocycles. The molecule has 0 aliphatic rings. The van der Waals surface area contributed by atoms with E-state index < -0.39 is 0 Å². The van der Waals surface area contributed by atoms with Crippen LogP contribution in [0.15, 0.2) is 36.4 Å². The Kier molecular flexibility index (Phi) is 3.84. The Morgan fingerprint density at radius 2 is 1.58 bits per heavy atom. The second-order valence-corrected chi connectivity index (χ2v) is 5.34. The van der Waals surface area contributed by atoms with E-state index in [1.165, 1.54) is 16.7 Å². The van der Waals surface area contributed by atoms with Gasteiger partial charge < -0.3 is 0 Å². The number of hydrogen-bond donors (Lipinski definition) is 0. The van der Waals surface area contributed by atoms with Crippen LogP contribution in [0.25, 0.3) is 0 Å². The van der Waals surface area contributed by atoms with E-state index in [0.29, 0.717) is 6.42 Å². The van der Waals surface area contributed by atoms with Crippen LogP contribution in [0.2, 0.25) is 0 Å². The lowest BCUT2D eigenvalue weighted by Gasteiger charge is -2.09. The molecule has 0 bridgehead atoms. The van der Waals surface area contributed by atoms with Crippen molar-refractivity contribution in [2.45, 2.75) is 34.1 Å². The summed E-state index contributed by atoms with van der Waals surface area (Å²) in [5.74, 6) is 0.200. The van der Waals surface area contributed by atoms with Crippen LogP contribution in [-0.4, -0.2) is 5.78 Å². The molecule has 1 nitrogen and oxygen atoms in total. The van der Waals surface area contributed by atoms with Gasteiger partial charge in [0.1, 0.15) is 0 Å². The topological polar surface area (TPSA) is 17.1 Å². The highest BCUT2D eigenvalue weighted by atomic mass is 16.1. The molecule has 98 valence electrons. The van der Waals surface area contributed by atoms with Gasteiger partial charge in [-0.05, 0) is 44.4 Å². The molecule has 2 rings (SSSR count). The van der Waals surface area contributed by atoms with E-state index in [0.717, 1.165) is 16.7 Å². The molecule has 0 aliphatic carbocycles.